The summed E-state index contributed by atoms with van der Waals surface area (Å²) in [6.45, 7) is 7.56. The molecule has 0 atom stereocenters. The van der Waals surface area contributed by atoms with E-state index in [4.69, 9.17) is 0 Å². The van der Waals surface area contributed by atoms with Crippen molar-refractivity contribution in [1.29, 1.82) is 0 Å². The fourth-order valence-corrected chi connectivity index (χ4v) is 2.25. The summed E-state index contributed by atoms with van der Waals surface area (Å²) in [4.78, 5) is 0. The molecule has 0 aliphatic heterocycles. The molecule has 84 valence electrons. The molecule has 1 aliphatic carbocycles. The second-order valence-corrected chi connectivity index (χ2v) is 4.99. The Labute approximate surface area is 88.1 Å². The normalized spacial score (nSPS) is 33.6. The van der Waals surface area contributed by atoms with Gasteiger partial charge in [0.15, 0.2) is 0 Å². The third-order valence-corrected chi connectivity index (χ3v) is 3.61. The quantitative estimate of drug-likeness (QED) is 0.728. The van der Waals surface area contributed by atoms with E-state index in [1.807, 2.05) is 0 Å². The van der Waals surface area contributed by atoms with Crippen LogP contribution >= 0.6 is 0 Å². The maximum atomic E-state index is 10.3. The van der Waals surface area contributed by atoms with Gasteiger partial charge in [0.1, 0.15) is 0 Å². The summed E-state index contributed by atoms with van der Waals surface area (Å²) >= 11 is 0. The molecule has 14 heavy (non-hydrogen) atoms. The molecule has 0 unspecified atom stereocenters. The van der Waals surface area contributed by atoms with Crippen LogP contribution in [0.15, 0.2) is 0 Å². The first kappa shape index (κ1) is 12.0. The molecule has 1 aliphatic rings. The summed E-state index contributed by atoms with van der Waals surface area (Å²) in [5.41, 5.74) is -0.385. The second kappa shape index (κ2) is 5.13. The van der Waals surface area contributed by atoms with E-state index >= 15 is 0 Å². The van der Waals surface area contributed by atoms with Crippen LogP contribution in [0, 0.1) is 5.92 Å². The first-order valence-corrected chi connectivity index (χ1v) is 6.04. The van der Waals surface area contributed by atoms with Gasteiger partial charge in [-0.2, -0.15) is 0 Å². The van der Waals surface area contributed by atoms with Crippen molar-refractivity contribution in [2.24, 2.45) is 5.92 Å². The van der Waals surface area contributed by atoms with Crippen molar-refractivity contribution >= 4 is 0 Å². The Morgan fingerprint density at radius 1 is 1.36 bits per heavy atom. The van der Waals surface area contributed by atoms with Crippen LogP contribution in [0.3, 0.4) is 0 Å². The topological polar surface area (TPSA) is 32.3 Å². The van der Waals surface area contributed by atoms with Gasteiger partial charge in [0.25, 0.3) is 0 Å². The molecule has 0 aromatic carbocycles. The van der Waals surface area contributed by atoms with Crippen molar-refractivity contribution in [1.82, 2.24) is 5.32 Å². The number of hydrogen-bond donors (Lipinski definition) is 2. The highest BCUT2D eigenvalue weighted by molar-refractivity contribution is 4.89. The molecule has 1 rings (SSSR count). The molecule has 1 fully saturated rings. The highest BCUT2D eigenvalue weighted by atomic mass is 16.3. The Kier molecular flexibility index (Phi) is 4.39. The molecule has 0 amide bonds. The Morgan fingerprint density at radius 2 is 1.93 bits per heavy atom. The summed E-state index contributed by atoms with van der Waals surface area (Å²) in [5, 5.41) is 13.8. The smallest absolute Gasteiger partial charge is 0.0671 e. The van der Waals surface area contributed by atoms with Crippen molar-refractivity contribution in [3.8, 4) is 0 Å². The molecule has 2 heteroatoms. The van der Waals surface area contributed by atoms with Gasteiger partial charge in [-0.25, -0.2) is 0 Å². The predicted molar refractivity (Wildman–Crippen MR) is 60.3 cm³/mol. The van der Waals surface area contributed by atoms with Crippen LogP contribution in [0.2, 0.25) is 0 Å². The van der Waals surface area contributed by atoms with E-state index in [0.29, 0.717) is 12.0 Å². The van der Waals surface area contributed by atoms with Gasteiger partial charge in [-0.1, -0.05) is 20.8 Å². The minimum atomic E-state index is -0.385. The van der Waals surface area contributed by atoms with Gasteiger partial charge in [-0.15, -0.1) is 0 Å². The third-order valence-electron chi connectivity index (χ3n) is 3.61. The average molecular weight is 199 g/mol. The lowest BCUT2D eigenvalue weighted by molar-refractivity contribution is -0.0428. The Bertz CT molecular complexity index is 160. The van der Waals surface area contributed by atoms with Crippen molar-refractivity contribution in [2.75, 3.05) is 6.54 Å². The van der Waals surface area contributed by atoms with Crippen molar-refractivity contribution < 1.29 is 5.11 Å². The second-order valence-electron chi connectivity index (χ2n) is 4.99. The summed E-state index contributed by atoms with van der Waals surface area (Å²) in [5.74, 6) is 0.398. The number of nitrogens with one attached hydrogen (secondary N) is 1. The Balaban J connectivity index is 2.30. The Hall–Kier alpha value is -0.0800. The van der Waals surface area contributed by atoms with Gasteiger partial charge in [0.05, 0.1) is 5.60 Å². The van der Waals surface area contributed by atoms with E-state index in [2.05, 4.69) is 26.1 Å². The first-order valence-electron chi connectivity index (χ1n) is 6.04. The predicted octanol–water partition coefficient (Wildman–Crippen LogP) is 2.32. The van der Waals surface area contributed by atoms with Gasteiger partial charge in [0.2, 0.25) is 0 Å². The van der Waals surface area contributed by atoms with Crippen LogP contribution in [0.1, 0.15) is 52.9 Å². The lowest BCUT2D eigenvalue weighted by atomic mass is 9.75. The highest BCUT2D eigenvalue weighted by Crippen LogP contribution is 2.34. The molecule has 1 saturated carbocycles. The molecule has 0 spiro atoms. The third kappa shape index (κ3) is 2.96. The van der Waals surface area contributed by atoms with Crippen molar-refractivity contribution in [3.05, 3.63) is 0 Å². The van der Waals surface area contributed by atoms with Crippen LogP contribution in [0.5, 0.6) is 0 Å². The lowest BCUT2D eigenvalue weighted by Gasteiger charge is -2.39. The lowest BCUT2D eigenvalue weighted by Crippen LogP contribution is -2.44. The molecular weight excluding hydrogens is 174 g/mol. The fourth-order valence-electron chi connectivity index (χ4n) is 2.25. The van der Waals surface area contributed by atoms with Gasteiger partial charge in [-0.3, -0.25) is 0 Å². The monoisotopic (exact) mass is 199 g/mol. The van der Waals surface area contributed by atoms with E-state index in [1.54, 1.807) is 0 Å². The Morgan fingerprint density at radius 3 is 2.36 bits per heavy atom. The maximum Gasteiger partial charge on any atom is 0.0671 e. The van der Waals surface area contributed by atoms with Crippen LogP contribution in [-0.4, -0.2) is 23.3 Å². The van der Waals surface area contributed by atoms with Crippen LogP contribution in [-0.2, 0) is 0 Å². The summed E-state index contributed by atoms with van der Waals surface area (Å²) in [7, 11) is 0. The molecule has 2 nitrogen and oxygen atoms in total. The molecule has 0 bridgehead atoms. The van der Waals surface area contributed by atoms with Crippen LogP contribution < -0.4 is 5.32 Å². The van der Waals surface area contributed by atoms with E-state index in [0.717, 1.165) is 32.2 Å². The van der Waals surface area contributed by atoms with Gasteiger partial charge >= 0.3 is 0 Å². The zero-order chi connectivity index (χ0) is 10.6. The fraction of sp³-hybridized carbons (Fsp3) is 1.00. The number of rotatable bonds is 4. The zero-order valence-electron chi connectivity index (χ0n) is 9.84. The minimum absolute atomic E-state index is 0.385. The molecule has 0 aromatic heterocycles. The molecule has 0 saturated heterocycles. The van der Waals surface area contributed by atoms with Gasteiger partial charge in [0, 0.05) is 6.04 Å². The molecular formula is C12H25NO. The summed E-state index contributed by atoms with van der Waals surface area (Å²) < 4.78 is 0. The maximum absolute atomic E-state index is 10.3. The molecule has 2 N–H and O–H groups in total. The van der Waals surface area contributed by atoms with E-state index < -0.39 is 0 Å². The average Bonchev–Trinajstić information content (AvgIpc) is 2.17. The van der Waals surface area contributed by atoms with E-state index in [9.17, 15) is 5.11 Å². The first-order chi connectivity index (χ1) is 6.58. The van der Waals surface area contributed by atoms with Crippen molar-refractivity contribution in [3.63, 3.8) is 0 Å². The summed E-state index contributed by atoms with van der Waals surface area (Å²) in [6.07, 6.45) is 5.40. The van der Waals surface area contributed by atoms with Crippen LogP contribution in [0.4, 0.5) is 0 Å². The molecule has 0 radical (unpaired) electrons. The largest absolute Gasteiger partial charge is 0.390 e. The van der Waals surface area contributed by atoms with E-state index in [1.165, 1.54) is 6.42 Å². The van der Waals surface area contributed by atoms with Crippen molar-refractivity contribution in [2.45, 2.75) is 64.5 Å². The molecule has 0 aromatic rings. The number of hydrogen-bond acceptors (Lipinski definition) is 2. The highest BCUT2D eigenvalue weighted by Gasteiger charge is 2.35. The van der Waals surface area contributed by atoms with Crippen LogP contribution in [0.25, 0.3) is 0 Å². The standard InChI is InChI=1S/C12H25NO/c1-4-9-13-11-5-7-12(14,8-6-11)10(2)3/h10-11,13-14H,4-9H2,1-3H3. The molecule has 0 heterocycles. The minimum Gasteiger partial charge on any atom is -0.390 e. The van der Waals surface area contributed by atoms with E-state index in [-0.39, 0.29) is 5.60 Å². The summed E-state index contributed by atoms with van der Waals surface area (Å²) in [6, 6.07) is 0.647. The zero-order valence-corrected chi connectivity index (χ0v) is 9.84. The number of aliphatic hydroxyl groups is 1. The SMILES string of the molecule is CCCNC1CCC(O)(C(C)C)CC1. The van der Waals surface area contributed by atoms with Gasteiger partial charge < -0.3 is 10.4 Å². The van der Waals surface area contributed by atoms with Gasteiger partial charge in [-0.05, 0) is 44.6 Å².